The van der Waals surface area contributed by atoms with Crippen LogP contribution in [0.25, 0.3) is 0 Å². The van der Waals surface area contributed by atoms with Gasteiger partial charge in [0.2, 0.25) is 0 Å². The number of nitrogens with one attached hydrogen (secondary N) is 5. The second-order valence-corrected chi connectivity index (χ2v) is 7.42. The van der Waals surface area contributed by atoms with Gasteiger partial charge in [-0.05, 0) is 55.1 Å². The molecule has 3 rings (SSSR count). The van der Waals surface area contributed by atoms with Crippen molar-refractivity contribution in [1.82, 2.24) is 16.0 Å². The predicted octanol–water partition coefficient (Wildman–Crippen LogP) is 2.56. The minimum absolute atomic E-state index is 0.0519. The highest BCUT2D eigenvalue weighted by Crippen LogP contribution is 2.50. The number of aliphatic imine (C=N–C) groups is 1. The lowest BCUT2D eigenvalue weighted by molar-refractivity contribution is 0.723. The number of amidine groups is 1. The summed E-state index contributed by atoms with van der Waals surface area (Å²) < 4.78 is 0. The summed E-state index contributed by atoms with van der Waals surface area (Å²) in [5.41, 5.74) is 11.2. The van der Waals surface area contributed by atoms with E-state index >= 15 is 0 Å². The number of rotatable bonds is 6. The molecule has 7 N–H and O–H groups in total. The largest absolute Gasteiger partial charge is 0.402 e. The van der Waals surface area contributed by atoms with Gasteiger partial charge < -0.3 is 27.1 Å². The van der Waals surface area contributed by atoms with Gasteiger partial charge in [0.1, 0.15) is 11.7 Å². The van der Waals surface area contributed by atoms with Crippen molar-refractivity contribution in [2.24, 2.45) is 16.1 Å². The summed E-state index contributed by atoms with van der Waals surface area (Å²) in [5.74, 6) is 0.947. The van der Waals surface area contributed by atoms with Gasteiger partial charge in [0.25, 0.3) is 0 Å². The minimum Gasteiger partial charge on any atom is -0.402 e. The second-order valence-electron chi connectivity index (χ2n) is 7.42. The lowest BCUT2D eigenvalue weighted by Gasteiger charge is -2.25. The lowest BCUT2D eigenvalue weighted by Crippen LogP contribution is -2.35. The molecule has 0 bridgehead atoms. The van der Waals surface area contributed by atoms with Crippen LogP contribution >= 0.6 is 0 Å². The summed E-state index contributed by atoms with van der Waals surface area (Å²) >= 11 is 0. The van der Waals surface area contributed by atoms with Gasteiger partial charge in [-0.1, -0.05) is 6.92 Å². The van der Waals surface area contributed by atoms with E-state index in [2.05, 4.69) is 27.9 Å². The van der Waals surface area contributed by atoms with Gasteiger partial charge in [-0.25, -0.2) is 0 Å². The Balaban J connectivity index is 1.74. The zero-order valence-corrected chi connectivity index (χ0v) is 16.5. The van der Waals surface area contributed by atoms with Crippen LogP contribution in [0.4, 0.5) is 0 Å². The molecule has 2 aliphatic heterocycles. The molecule has 3 aliphatic rings. The molecule has 1 saturated carbocycles. The van der Waals surface area contributed by atoms with Crippen molar-refractivity contribution in [3.8, 4) is 0 Å². The van der Waals surface area contributed by atoms with Crippen LogP contribution in [0, 0.1) is 16.2 Å². The van der Waals surface area contributed by atoms with Gasteiger partial charge >= 0.3 is 0 Å². The summed E-state index contributed by atoms with van der Waals surface area (Å²) in [6.07, 6.45) is 14.7. The molecule has 0 unspecified atom stereocenters. The third kappa shape index (κ3) is 4.14. The van der Waals surface area contributed by atoms with Crippen LogP contribution < -0.4 is 21.7 Å². The second kappa shape index (κ2) is 7.72. The molecule has 2 heterocycles. The molecule has 0 amide bonds. The normalized spacial score (nSPS) is 21.0. The Hall–Kier alpha value is -3.35. The Bertz CT molecular complexity index is 914. The van der Waals surface area contributed by atoms with Crippen molar-refractivity contribution in [3.05, 3.63) is 70.1 Å². The minimum atomic E-state index is 0.0519. The Labute approximate surface area is 165 Å². The first-order valence-corrected chi connectivity index (χ1v) is 9.21. The zero-order valence-electron chi connectivity index (χ0n) is 16.5. The Kier molecular flexibility index (Phi) is 5.35. The molecule has 1 fully saturated rings. The van der Waals surface area contributed by atoms with Crippen molar-refractivity contribution in [2.75, 3.05) is 7.05 Å². The summed E-state index contributed by atoms with van der Waals surface area (Å²) in [6.45, 7) is 3.97. The first kappa shape index (κ1) is 19.4. The van der Waals surface area contributed by atoms with E-state index in [0.717, 1.165) is 41.0 Å². The topological polar surface area (TPSA) is 122 Å². The standard InChI is InChI=1S/C21H27N7/c1-13(23)16(12-25-3)14-8-18-17(26-11-14)4-5-20(27-18)28-19(24)9-15(10-22)21(2)6-7-21/h4-5,8-12,22,26-27H,6-7,23H2,1-3H3,(H2,24,28). The molecule has 1 aliphatic carbocycles. The van der Waals surface area contributed by atoms with Crippen LogP contribution in [0.5, 0.6) is 0 Å². The van der Waals surface area contributed by atoms with Crippen molar-refractivity contribution in [1.29, 1.82) is 10.8 Å². The van der Waals surface area contributed by atoms with Gasteiger partial charge in [-0.3, -0.25) is 10.4 Å². The maximum Gasteiger partial charge on any atom is 0.123 e. The first-order chi connectivity index (χ1) is 13.4. The van der Waals surface area contributed by atoms with Crippen LogP contribution in [0.1, 0.15) is 26.7 Å². The van der Waals surface area contributed by atoms with Crippen LogP contribution in [-0.2, 0) is 0 Å². The van der Waals surface area contributed by atoms with Gasteiger partial charge in [0.15, 0.2) is 0 Å². The van der Waals surface area contributed by atoms with Crippen LogP contribution in [0.15, 0.2) is 75.1 Å². The number of nitrogens with two attached hydrogens (primary N) is 1. The molecular formula is C21H27N7. The van der Waals surface area contributed by atoms with Gasteiger partial charge in [0, 0.05) is 42.5 Å². The van der Waals surface area contributed by atoms with Crippen molar-refractivity contribution in [3.63, 3.8) is 0 Å². The molecular weight excluding hydrogens is 350 g/mol. The summed E-state index contributed by atoms with van der Waals surface area (Å²) in [4.78, 5) is 4.08. The molecule has 0 atom stereocenters. The van der Waals surface area contributed by atoms with E-state index in [4.69, 9.17) is 16.6 Å². The third-order valence-corrected chi connectivity index (χ3v) is 5.07. The van der Waals surface area contributed by atoms with Crippen LogP contribution in [-0.4, -0.2) is 25.3 Å². The van der Waals surface area contributed by atoms with Crippen molar-refractivity contribution >= 4 is 18.3 Å². The van der Waals surface area contributed by atoms with E-state index in [1.165, 1.54) is 6.21 Å². The molecule has 28 heavy (non-hydrogen) atoms. The Morgan fingerprint density at radius 1 is 1.32 bits per heavy atom. The Morgan fingerprint density at radius 2 is 2.07 bits per heavy atom. The molecule has 0 aromatic carbocycles. The molecule has 0 saturated heterocycles. The zero-order chi connectivity index (χ0) is 20.3. The summed E-state index contributed by atoms with van der Waals surface area (Å²) in [7, 11) is 1.71. The molecule has 146 valence electrons. The third-order valence-electron chi connectivity index (χ3n) is 5.07. The maximum atomic E-state index is 8.24. The summed E-state index contributed by atoms with van der Waals surface area (Å²) in [6, 6.07) is 0. The van der Waals surface area contributed by atoms with Gasteiger partial charge in [-0.15, -0.1) is 0 Å². The predicted molar refractivity (Wildman–Crippen MR) is 115 cm³/mol. The van der Waals surface area contributed by atoms with E-state index in [0.29, 0.717) is 11.5 Å². The Morgan fingerprint density at radius 3 is 2.68 bits per heavy atom. The maximum absolute atomic E-state index is 8.24. The van der Waals surface area contributed by atoms with Crippen molar-refractivity contribution in [2.45, 2.75) is 26.7 Å². The molecule has 0 aromatic heterocycles. The highest BCUT2D eigenvalue weighted by molar-refractivity contribution is 5.97. The van der Waals surface area contributed by atoms with Gasteiger partial charge in [0.05, 0.1) is 11.4 Å². The average Bonchev–Trinajstić information content (AvgIpc) is 3.41. The van der Waals surface area contributed by atoms with Crippen molar-refractivity contribution < 1.29 is 0 Å². The number of allylic oxidation sites excluding steroid dienone is 7. The average molecular weight is 377 g/mol. The fourth-order valence-electron chi connectivity index (χ4n) is 3.07. The molecule has 0 spiro atoms. The smallest absolute Gasteiger partial charge is 0.123 e. The number of fused-ring (bicyclic) bond motifs is 1. The number of nitrogens with zero attached hydrogens (tertiary/aromatic N) is 1. The molecule has 0 radical (unpaired) electrons. The number of hydrogen-bond acceptors (Lipinski definition) is 6. The van der Waals surface area contributed by atoms with E-state index in [9.17, 15) is 0 Å². The van der Waals surface area contributed by atoms with E-state index < -0.39 is 0 Å². The fourth-order valence-corrected chi connectivity index (χ4v) is 3.07. The molecule has 0 aromatic rings. The first-order valence-electron chi connectivity index (χ1n) is 9.21. The highest BCUT2D eigenvalue weighted by atomic mass is 15.1. The molecule has 7 heteroatoms. The fraction of sp³-hybridized carbons (Fsp3) is 0.286. The van der Waals surface area contributed by atoms with E-state index in [1.54, 1.807) is 19.3 Å². The molecule has 7 nitrogen and oxygen atoms in total. The summed E-state index contributed by atoms with van der Waals surface area (Å²) in [5, 5.41) is 25.5. The van der Waals surface area contributed by atoms with Crippen LogP contribution in [0.2, 0.25) is 0 Å². The SMILES string of the molecule is CN=CC(C1=CNC2=CC=C(NC(=N)C=C(C=N)C3(C)CC3)NC2=C1)=C(C)N. The van der Waals surface area contributed by atoms with Crippen LogP contribution in [0.3, 0.4) is 0 Å². The number of dihydropyridines is 2. The lowest BCUT2D eigenvalue weighted by atomic mass is 9.98. The monoisotopic (exact) mass is 377 g/mol. The quantitative estimate of drug-likeness (QED) is 0.315. The van der Waals surface area contributed by atoms with E-state index in [-0.39, 0.29) is 11.3 Å². The van der Waals surface area contributed by atoms with E-state index in [1.807, 2.05) is 31.4 Å². The highest BCUT2D eigenvalue weighted by Gasteiger charge is 2.40. The number of hydrogen-bond donors (Lipinski definition) is 6. The van der Waals surface area contributed by atoms with Gasteiger partial charge in [-0.2, -0.15) is 0 Å².